The Kier molecular flexibility index (Phi) is 7.35. The highest BCUT2D eigenvalue weighted by atomic mass is 32.2. The third-order valence-corrected chi connectivity index (χ3v) is 8.03. The van der Waals surface area contributed by atoms with Gasteiger partial charge in [0.1, 0.15) is 10.7 Å². The van der Waals surface area contributed by atoms with E-state index in [1.54, 1.807) is 47.7 Å². The van der Waals surface area contributed by atoms with Gasteiger partial charge in [-0.2, -0.15) is 4.31 Å². The SMILES string of the molecule is CC(C)CN(CC(=O)N(Cc1ccc2c(c1)OCO2)Cc1ccco1)S(=O)(=O)c1cccc2cccnc12. The molecule has 198 valence electrons. The number of pyridine rings is 1. The first-order chi connectivity index (χ1) is 18.3. The number of sulfonamides is 1. The molecule has 4 aromatic rings. The number of para-hydroxylation sites is 1. The molecule has 3 heterocycles. The Morgan fingerprint density at radius 3 is 2.61 bits per heavy atom. The number of hydrogen-bond acceptors (Lipinski definition) is 7. The molecule has 0 atom stereocenters. The zero-order valence-electron chi connectivity index (χ0n) is 21.2. The minimum Gasteiger partial charge on any atom is -0.467 e. The number of carbonyl (C=O) groups excluding carboxylic acids is 1. The van der Waals surface area contributed by atoms with Gasteiger partial charge in [0.25, 0.3) is 0 Å². The van der Waals surface area contributed by atoms with Crippen LogP contribution in [-0.4, -0.2) is 48.4 Å². The van der Waals surface area contributed by atoms with E-state index in [4.69, 9.17) is 13.9 Å². The molecular formula is C28H29N3O6S. The van der Waals surface area contributed by atoms with Crippen LogP contribution >= 0.6 is 0 Å². The van der Waals surface area contributed by atoms with Gasteiger partial charge in [0.05, 0.1) is 24.9 Å². The van der Waals surface area contributed by atoms with Gasteiger partial charge in [-0.15, -0.1) is 0 Å². The normalized spacial score (nSPS) is 12.9. The fourth-order valence-corrected chi connectivity index (χ4v) is 6.13. The van der Waals surface area contributed by atoms with Crippen molar-refractivity contribution >= 4 is 26.8 Å². The van der Waals surface area contributed by atoms with E-state index >= 15 is 0 Å². The summed E-state index contributed by atoms with van der Waals surface area (Å²) in [5.74, 6) is 1.50. The first kappa shape index (κ1) is 25.7. The zero-order chi connectivity index (χ0) is 26.7. The van der Waals surface area contributed by atoms with Gasteiger partial charge in [0, 0.05) is 24.7 Å². The molecule has 5 rings (SSSR count). The molecule has 0 unspecified atom stereocenters. The topological polar surface area (TPSA) is 102 Å². The van der Waals surface area contributed by atoms with E-state index < -0.39 is 10.0 Å². The summed E-state index contributed by atoms with van der Waals surface area (Å²) >= 11 is 0. The number of furan rings is 1. The number of carbonyl (C=O) groups is 1. The Labute approximate surface area is 221 Å². The zero-order valence-corrected chi connectivity index (χ0v) is 22.1. The number of aromatic nitrogens is 1. The maximum atomic E-state index is 13.9. The van der Waals surface area contributed by atoms with Crippen molar-refractivity contribution in [1.29, 1.82) is 0 Å². The van der Waals surface area contributed by atoms with Crippen molar-refractivity contribution in [2.24, 2.45) is 5.92 Å². The number of nitrogens with zero attached hydrogens (tertiary/aromatic N) is 3. The number of hydrogen-bond donors (Lipinski definition) is 0. The van der Waals surface area contributed by atoms with Gasteiger partial charge in [-0.25, -0.2) is 8.42 Å². The summed E-state index contributed by atoms with van der Waals surface area (Å²) < 4.78 is 45.4. The minimum atomic E-state index is -4.03. The lowest BCUT2D eigenvalue weighted by Crippen LogP contribution is -2.43. The Bertz CT molecular complexity index is 1530. The molecular weight excluding hydrogens is 506 g/mol. The highest BCUT2D eigenvalue weighted by Crippen LogP contribution is 2.33. The van der Waals surface area contributed by atoms with E-state index in [0.717, 1.165) is 5.56 Å². The Hall–Kier alpha value is -3.89. The summed E-state index contributed by atoms with van der Waals surface area (Å²) in [4.78, 5) is 19.7. The van der Waals surface area contributed by atoms with Crippen LogP contribution in [0.1, 0.15) is 25.2 Å². The maximum Gasteiger partial charge on any atom is 0.245 e. The molecule has 0 fully saturated rings. The maximum absolute atomic E-state index is 13.9. The quantitative estimate of drug-likeness (QED) is 0.296. The second-order valence-corrected chi connectivity index (χ2v) is 11.4. The first-order valence-corrected chi connectivity index (χ1v) is 13.8. The molecule has 38 heavy (non-hydrogen) atoms. The molecule has 0 bridgehead atoms. The van der Waals surface area contributed by atoms with Gasteiger partial charge < -0.3 is 18.8 Å². The minimum absolute atomic E-state index is 0.00658. The molecule has 0 aliphatic carbocycles. The summed E-state index contributed by atoms with van der Waals surface area (Å²) in [7, 11) is -4.03. The molecule has 0 radical (unpaired) electrons. The lowest BCUT2D eigenvalue weighted by molar-refractivity contribution is -0.133. The van der Waals surface area contributed by atoms with E-state index in [9.17, 15) is 13.2 Å². The molecule has 2 aromatic carbocycles. The number of rotatable bonds is 10. The monoisotopic (exact) mass is 535 g/mol. The van der Waals surface area contributed by atoms with Crippen LogP contribution in [0, 0.1) is 5.92 Å². The summed E-state index contributed by atoms with van der Waals surface area (Å²) in [5, 5.41) is 0.714. The Morgan fingerprint density at radius 2 is 1.82 bits per heavy atom. The van der Waals surface area contributed by atoms with Gasteiger partial charge in [-0.05, 0) is 47.9 Å². The lowest BCUT2D eigenvalue weighted by Gasteiger charge is -2.28. The van der Waals surface area contributed by atoms with E-state index in [0.29, 0.717) is 28.2 Å². The smallest absolute Gasteiger partial charge is 0.245 e. The highest BCUT2D eigenvalue weighted by Gasteiger charge is 2.31. The van der Waals surface area contributed by atoms with Crippen LogP contribution in [0.2, 0.25) is 0 Å². The van der Waals surface area contributed by atoms with Crippen molar-refractivity contribution in [3.63, 3.8) is 0 Å². The molecule has 0 saturated heterocycles. The van der Waals surface area contributed by atoms with Crippen molar-refractivity contribution in [3.05, 3.63) is 84.4 Å². The highest BCUT2D eigenvalue weighted by molar-refractivity contribution is 7.89. The largest absolute Gasteiger partial charge is 0.467 e. The molecule has 1 aliphatic rings. The van der Waals surface area contributed by atoms with Gasteiger partial charge in [0.15, 0.2) is 11.5 Å². The lowest BCUT2D eigenvalue weighted by atomic mass is 10.2. The standard InChI is InChI=1S/C28H29N3O6S/c1-20(2)15-31(38(33,34)26-9-3-6-22-7-4-12-29-28(22)26)18-27(32)30(17-23-8-5-13-35-23)16-21-10-11-24-25(14-21)37-19-36-24/h3-14,20H,15-19H2,1-2H3. The van der Waals surface area contributed by atoms with Gasteiger partial charge in [-0.1, -0.05) is 38.1 Å². The molecule has 1 aliphatic heterocycles. The van der Waals surface area contributed by atoms with Crippen LogP contribution in [0.15, 0.2) is 82.4 Å². The molecule has 0 spiro atoms. The second-order valence-electron chi connectivity index (χ2n) is 9.54. The van der Waals surface area contributed by atoms with Gasteiger partial charge in [-0.3, -0.25) is 9.78 Å². The summed E-state index contributed by atoms with van der Waals surface area (Å²) in [6, 6.07) is 17.6. The molecule has 0 N–H and O–H groups in total. The average molecular weight is 536 g/mol. The van der Waals surface area contributed by atoms with Crippen LogP contribution in [0.4, 0.5) is 0 Å². The van der Waals surface area contributed by atoms with Crippen molar-refractivity contribution in [2.75, 3.05) is 19.9 Å². The van der Waals surface area contributed by atoms with E-state index in [2.05, 4.69) is 4.98 Å². The van der Waals surface area contributed by atoms with Crippen LogP contribution < -0.4 is 9.47 Å². The predicted octanol–water partition coefficient (Wildman–Crippen LogP) is 4.43. The second kappa shape index (κ2) is 10.8. The van der Waals surface area contributed by atoms with Crippen molar-refractivity contribution in [2.45, 2.75) is 31.8 Å². The molecule has 2 aromatic heterocycles. The first-order valence-electron chi connectivity index (χ1n) is 12.3. The summed E-state index contributed by atoms with van der Waals surface area (Å²) in [5.41, 5.74) is 1.20. The van der Waals surface area contributed by atoms with E-state index in [1.807, 2.05) is 38.1 Å². The third-order valence-electron chi connectivity index (χ3n) is 6.18. The number of benzene rings is 2. The van der Waals surface area contributed by atoms with Crippen molar-refractivity contribution in [3.8, 4) is 11.5 Å². The van der Waals surface area contributed by atoms with Crippen molar-refractivity contribution < 1.29 is 27.1 Å². The number of fused-ring (bicyclic) bond motifs is 2. The fourth-order valence-electron chi connectivity index (χ4n) is 4.41. The Morgan fingerprint density at radius 1 is 1.00 bits per heavy atom. The Balaban J connectivity index is 1.45. The number of amides is 1. The molecule has 10 heteroatoms. The summed E-state index contributed by atoms with van der Waals surface area (Å²) in [6.45, 7) is 4.26. The van der Waals surface area contributed by atoms with Gasteiger partial charge >= 0.3 is 0 Å². The molecule has 9 nitrogen and oxygen atoms in total. The van der Waals surface area contributed by atoms with Crippen LogP contribution in [0.5, 0.6) is 11.5 Å². The third kappa shape index (κ3) is 5.51. The summed E-state index contributed by atoms with van der Waals surface area (Å²) in [6.07, 6.45) is 3.11. The van der Waals surface area contributed by atoms with Crippen LogP contribution in [0.25, 0.3) is 10.9 Å². The van der Waals surface area contributed by atoms with E-state index in [-0.39, 0.29) is 49.7 Å². The molecule has 0 saturated carbocycles. The van der Waals surface area contributed by atoms with Crippen LogP contribution in [-0.2, 0) is 27.9 Å². The van der Waals surface area contributed by atoms with E-state index in [1.165, 1.54) is 10.4 Å². The van der Waals surface area contributed by atoms with Crippen molar-refractivity contribution in [1.82, 2.24) is 14.2 Å². The predicted molar refractivity (Wildman–Crippen MR) is 141 cm³/mol. The average Bonchev–Trinajstić information content (AvgIpc) is 3.59. The number of ether oxygens (including phenoxy) is 2. The fraction of sp³-hybridized carbons (Fsp3) is 0.286. The van der Waals surface area contributed by atoms with Gasteiger partial charge in [0.2, 0.25) is 22.7 Å². The van der Waals surface area contributed by atoms with Crippen LogP contribution in [0.3, 0.4) is 0 Å². The molecule has 1 amide bonds.